The van der Waals surface area contributed by atoms with Gasteiger partial charge in [0.2, 0.25) is 16.0 Å². The Morgan fingerprint density at radius 1 is 1.06 bits per heavy atom. The van der Waals surface area contributed by atoms with Crippen LogP contribution in [0.2, 0.25) is 0 Å². The van der Waals surface area contributed by atoms with E-state index in [1.54, 1.807) is 42.6 Å². The summed E-state index contributed by atoms with van der Waals surface area (Å²) in [5, 5.41) is 10.2. The molecule has 0 bridgehead atoms. The van der Waals surface area contributed by atoms with Gasteiger partial charge < -0.3 is 20.9 Å². The number of rotatable bonds is 10. The van der Waals surface area contributed by atoms with Gasteiger partial charge in [0.05, 0.1) is 17.3 Å². The van der Waals surface area contributed by atoms with Gasteiger partial charge in [0, 0.05) is 37.6 Å². The fraction of sp³-hybridized carbons (Fsp3) is 0.240. The first-order chi connectivity index (χ1) is 17.3. The van der Waals surface area contributed by atoms with E-state index in [0.717, 1.165) is 23.1 Å². The highest BCUT2D eigenvalue weighted by atomic mass is 32.2. The molecule has 0 saturated carbocycles. The summed E-state index contributed by atoms with van der Waals surface area (Å²) in [4.78, 5) is 24.4. The molecule has 2 aromatic heterocycles. The molecule has 4 rings (SSSR count). The molecule has 0 radical (unpaired) electrons. The number of sulfonamides is 1. The number of fused-ring (bicyclic) bond motifs is 1. The third-order valence-corrected chi connectivity index (χ3v) is 6.82. The fourth-order valence-corrected chi connectivity index (χ4v) is 4.17. The minimum absolute atomic E-state index is 0.110. The van der Waals surface area contributed by atoms with E-state index in [1.165, 1.54) is 17.6 Å². The smallest absolute Gasteiger partial charge is 0.251 e. The molecule has 0 atom stereocenters. The number of hydrogen-bond acceptors (Lipinski definition) is 7. The molecule has 10 nitrogen and oxygen atoms in total. The van der Waals surface area contributed by atoms with Gasteiger partial charge in [0.25, 0.3) is 5.91 Å². The van der Waals surface area contributed by atoms with Crippen molar-refractivity contribution in [2.75, 3.05) is 34.8 Å². The number of nitrogens with zero attached hydrogens (tertiary/aromatic N) is 3. The molecular formula is C25H29N7O3S. The van der Waals surface area contributed by atoms with Crippen LogP contribution in [-0.4, -0.2) is 49.1 Å². The lowest BCUT2D eigenvalue weighted by Gasteiger charge is -2.20. The monoisotopic (exact) mass is 507 g/mol. The maximum Gasteiger partial charge on any atom is 0.251 e. The molecule has 4 N–H and O–H groups in total. The van der Waals surface area contributed by atoms with Crippen LogP contribution in [0, 0.1) is 0 Å². The van der Waals surface area contributed by atoms with Crippen LogP contribution in [0.4, 0.5) is 23.1 Å². The highest BCUT2D eigenvalue weighted by Crippen LogP contribution is 2.26. The lowest BCUT2D eigenvalue weighted by Crippen LogP contribution is -2.26. The van der Waals surface area contributed by atoms with Gasteiger partial charge in [-0.2, -0.15) is 9.97 Å². The summed E-state index contributed by atoms with van der Waals surface area (Å²) in [6, 6.07) is 16.3. The maximum atomic E-state index is 12.1. The number of H-pyrrole nitrogens is 1. The third kappa shape index (κ3) is 5.74. The van der Waals surface area contributed by atoms with Crippen molar-refractivity contribution in [2.45, 2.75) is 19.9 Å². The second kappa shape index (κ2) is 10.6. The number of aromatic nitrogens is 3. The predicted molar refractivity (Wildman–Crippen MR) is 143 cm³/mol. The molecule has 0 aliphatic rings. The summed E-state index contributed by atoms with van der Waals surface area (Å²) in [6.07, 6.45) is 3.83. The molecule has 0 fully saturated rings. The normalized spacial score (nSPS) is 11.3. The van der Waals surface area contributed by atoms with Crippen LogP contribution >= 0.6 is 0 Å². The van der Waals surface area contributed by atoms with E-state index >= 15 is 0 Å². The third-order valence-electron chi connectivity index (χ3n) is 5.63. The summed E-state index contributed by atoms with van der Waals surface area (Å²) in [5.41, 5.74) is 3.35. The first-order valence-corrected chi connectivity index (χ1v) is 13.4. The van der Waals surface area contributed by atoms with E-state index in [4.69, 9.17) is 0 Å². The second-order valence-corrected chi connectivity index (χ2v) is 10.3. The molecule has 1 amide bonds. The average Bonchev–Trinajstić information content (AvgIpc) is 3.34. The van der Waals surface area contributed by atoms with Gasteiger partial charge >= 0.3 is 0 Å². The van der Waals surface area contributed by atoms with Crippen molar-refractivity contribution in [2.24, 2.45) is 0 Å². The molecule has 36 heavy (non-hydrogen) atoms. The number of para-hydroxylation sites is 1. The number of carbonyl (C=O) groups excluding carboxylic acids is 1. The molecule has 11 heteroatoms. The Bertz CT molecular complexity index is 1470. The van der Waals surface area contributed by atoms with Crippen LogP contribution < -0.4 is 20.3 Å². The summed E-state index contributed by atoms with van der Waals surface area (Å²) in [6.45, 7) is 2.99. The lowest BCUT2D eigenvalue weighted by molar-refractivity contribution is 0.0953. The Labute approximate surface area is 210 Å². The van der Waals surface area contributed by atoms with E-state index in [9.17, 15) is 13.2 Å². The highest BCUT2D eigenvalue weighted by Gasteiger charge is 2.16. The first kappa shape index (κ1) is 25.0. The first-order valence-electron chi connectivity index (χ1n) is 11.5. The second-order valence-electron chi connectivity index (χ2n) is 8.31. The predicted octanol–water partition coefficient (Wildman–Crippen LogP) is 3.85. The van der Waals surface area contributed by atoms with E-state index in [1.807, 2.05) is 25.1 Å². The molecule has 0 aliphatic heterocycles. The Kier molecular flexibility index (Phi) is 7.39. The Morgan fingerprint density at radius 3 is 2.53 bits per heavy atom. The molecule has 0 spiro atoms. The van der Waals surface area contributed by atoms with Crippen molar-refractivity contribution in [3.63, 3.8) is 0 Å². The van der Waals surface area contributed by atoms with Crippen molar-refractivity contribution in [1.82, 2.24) is 20.3 Å². The van der Waals surface area contributed by atoms with Crippen molar-refractivity contribution in [3.8, 4) is 0 Å². The number of benzene rings is 2. The van der Waals surface area contributed by atoms with Crippen molar-refractivity contribution in [3.05, 3.63) is 71.9 Å². The number of amides is 1. The minimum Gasteiger partial charge on any atom is -0.365 e. The van der Waals surface area contributed by atoms with E-state index in [2.05, 4.69) is 30.9 Å². The van der Waals surface area contributed by atoms with Crippen LogP contribution in [0.5, 0.6) is 0 Å². The zero-order chi connectivity index (χ0) is 25.7. The van der Waals surface area contributed by atoms with Crippen LogP contribution in [0.1, 0.15) is 29.3 Å². The Balaban J connectivity index is 1.54. The number of nitrogens with one attached hydrogen (secondary N) is 4. The molecular weight excluding hydrogens is 478 g/mol. The fourth-order valence-electron chi connectivity index (χ4n) is 3.63. The van der Waals surface area contributed by atoms with Crippen LogP contribution in [0.15, 0.2) is 60.8 Å². The van der Waals surface area contributed by atoms with Crippen molar-refractivity contribution in [1.29, 1.82) is 0 Å². The summed E-state index contributed by atoms with van der Waals surface area (Å²) >= 11 is 0. The van der Waals surface area contributed by atoms with Gasteiger partial charge in [-0.25, -0.2) is 8.42 Å². The molecule has 2 heterocycles. The molecule has 0 unspecified atom stereocenters. The largest absolute Gasteiger partial charge is 0.365 e. The molecule has 4 aromatic rings. The van der Waals surface area contributed by atoms with Gasteiger partial charge in [-0.1, -0.05) is 25.1 Å². The number of hydrogen-bond donors (Lipinski definition) is 4. The Morgan fingerprint density at radius 2 is 1.81 bits per heavy atom. The van der Waals surface area contributed by atoms with Crippen molar-refractivity contribution < 1.29 is 13.2 Å². The maximum absolute atomic E-state index is 12.1. The molecule has 188 valence electrons. The lowest BCUT2D eigenvalue weighted by atomic mass is 10.1. The van der Waals surface area contributed by atoms with Gasteiger partial charge in [-0.05, 0) is 48.4 Å². The van der Waals surface area contributed by atoms with E-state index < -0.39 is 10.0 Å². The van der Waals surface area contributed by atoms with Crippen molar-refractivity contribution >= 4 is 50.1 Å². The van der Waals surface area contributed by atoms with Gasteiger partial charge in [0.15, 0.2) is 0 Å². The Hall–Kier alpha value is -4.12. The topological polar surface area (TPSA) is 132 Å². The van der Waals surface area contributed by atoms with Crippen LogP contribution in [-0.2, 0) is 16.6 Å². The zero-order valence-corrected chi connectivity index (χ0v) is 21.2. The quantitative estimate of drug-likeness (QED) is 0.256. The van der Waals surface area contributed by atoms with E-state index in [-0.39, 0.29) is 5.91 Å². The molecule has 2 aromatic carbocycles. The number of anilines is 4. The van der Waals surface area contributed by atoms with Gasteiger partial charge in [-0.3, -0.25) is 9.10 Å². The SMILES string of the molecule is CCCNC(=O)c1ccc(Nc2nc(NCc3ccccc3N(C)S(C)(=O)=O)c3cc[nH]c3n2)cc1. The van der Waals surface area contributed by atoms with Gasteiger partial charge in [0.1, 0.15) is 11.5 Å². The number of carbonyl (C=O) groups is 1. The summed E-state index contributed by atoms with van der Waals surface area (Å²) in [5.74, 6) is 0.856. The minimum atomic E-state index is -3.40. The van der Waals surface area contributed by atoms with E-state index in [0.29, 0.717) is 41.8 Å². The van der Waals surface area contributed by atoms with Crippen LogP contribution in [0.25, 0.3) is 11.0 Å². The highest BCUT2D eigenvalue weighted by molar-refractivity contribution is 7.92. The zero-order valence-electron chi connectivity index (χ0n) is 20.4. The average molecular weight is 508 g/mol. The standard InChI is InChI=1S/C25H29N7O3S/c1-4-14-27-24(33)17-9-11-19(12-10-17)29-25-30-22-20(13-15-26-22)23(31-25)28-16-18-7-5-6-8-21(18)32(2)36(3,34)35/h5-13,15H,4,14,16H2,1-3H3,(H,27,33)(H3,26,28,29,30,31). The number of aromatic amines is 1. The summed E-state index contributed by atoms with van der Waals surface area (Å²) < 4.78 is 25.4. The van der Waals surface area contributed by atoms with Crippen LogP contribution in [0.3, 0.4) is 0 Å². The van der Waals surface area contributed by atoms with Gasteiger partial charge in [-0.15, -0.1) is 0 Å². The molecule has 0 saturated heterocycles. The molecule has 0 aliphatic carbocycles. The summed E-state index contributed by atoms with van der Waals surface area (Å²) in [7, 11) is -1.87.